The van der Waals surface area contributed by atoms with Crippen LogP contribution < -0.4 is 0 Å². The van der Waals surface area contributed by atoms with E-state index in [9.17, 15) is 0 Å². The van der Waals surface area contributed by atoms with E-state index >= 15 is 0 Å². The smallest absolute Gasteiger partial charge is 0.0561 e. The van der Waals surface area contributed by atoms with E-state index in [-0.39, 0.29) is 25.3 Å². The van der Waals surface area contributed by atoms with Gasteiger partial charge in [0.1, 0.15) is 0 Å². The van der Waals surface area contributed by atoms with E-state index in [1.54, 1.807) is 0 Å². The van der Waals surface area contributed by atoms with Crippen LogP contribution in [0, 0.1) is 0 Å². The van der Waals surface area contributed by atoms with Gasteiger partial charge in [0.25, 0.3) is 0 Å². The Morgan fingerprint density at radius 3 is 1.18 bits per heavy atom. The predicted molar refractivity (Wildman–Crippen MR) is 268 cm³/mol. The molecule has 0 amide bonds. The molecule has 11 rings (SSSR count). The number of fused-ring (bicyclic) bond motifs is 7. The molecular formula is C60H48Se. The first-order chi connectivity index (χ1) is 29.5. The van der Waals surface area contributed by atoms with Gasteiger partial charge in [-0.05, 0) is 0 Å². The van der Waals surface area contributed by atoms with Crippen LogP contribution >= 0.6 is 0 Å². The van der Waals surface area contributed by atoms with Crippen LogP contribution in [-0.2, 0) is 10.8 Å². The maximum atomic E-state index is 2.51. The Bertz CT molecular complexity index is 3390. The Balaban J connectivity index is 1.15. The quantitative estimate of drug-likeness (QED) is 0.122. The summed E-state index contributed by atoms with van der Waals surface area (Å²) >= 11 is 0.150. The fraction of sp³-hybridized carbons (Fsp3) is 0.133. The Labute approximate surface area is 364 Å². The third-order valence-electron chi connectivity index (χ3n) is 12.9. The molecule has 0 aliphatic carbocycles. The summed E-state index contributed by atoms with van der Waals surface area (Å²) in [6, 6.07) is 68.9. The van der Waals surface area contributed by atoms with Crippen LogP contribution in [0.2, 0.25) is 0 Å². The molecule has 0 aliphatic heterocycles. The summed E-state index contributed by atoms with van der Waals surface area (Å²) in [7, 11) is 0. The first-order valence-corrected chi connectivity index (χ1v) is 23.3. The first-order valence-electron chi connectivity index (χ1n) is 21.6. The van der Waals surface area contributed by atoms with Crippen LogP contribution in [0.5, 0.6) is 0 Å². The van der Waals surface area contributed by atoms with Crippen LogP contribution in [0.4, 0.5) is 0 Å². The minimum atomic E-state index is 0.0232. The average molecular weight is 848 g/mol. The minimum absolute atomic E-state index is 0.0232. The molecule has 0 atom stereocenters. The fourth-order valence-electron chi connectivity index (χ4n) is 9.87. The van der Waals surface area contributed by atoms with Gasteiger partial charge in [-0.1, -0.05) is 41.5 Å². The van der Waals surface area contributed by atoms with Crippen molar-refractivity contribution in [2.24, 2.45) is 0 Å². The van der Waals surface area contributed by atoms with Gasteiger partial charge in [0.15, 0.2) is 0 Å². The van der Waals surface area contributed by atoms with Gasteiger partial charge in [0.2, 0.25) is 0 Å². The zero-order valence-electron chi connectivity index (χ0n) is 35.7. The summed E-state index contributed by atoms with van der Waals surface area (Å²) in [6.45, 7) is 14.0. The standard InChI is InChI=1S/C60H48Se/c1-59(2,3)40-33-39(34-41(36-40)60(4,5)6)56-44-23-12-10-21-42(44)55(43-22-11-13-24-45(43)56)38-31-32-53-52(35-38)50-29-18-30-51(58(50)61-53)57-48-27-16-14-25-46(48)54(37-19-8-7-9-20-37)47-26-15-17-28-49(47)57/h7-36H,1-6H3. The fourth-order valence-corrected chi connectivity index (χ4v) is 12.4. The molecule has 0 unspecified atom stereocenters. The molecule has 10 aromatic carbocycles. The van der Waals surface area contributed by atoms with Crippen molar-refractivity contribution in [1.29, 1.82) is 0 Å². The van der Waals surface area contributed by atoms with E-state index in [0.29, 0.717) is 0 Å². The van der Waals surface area contributed by atoms with Gasteiger partial charge in [-0.3, -0.25) is 0 Å². The zero-order chi connectivity index (χ0) is 41.6. The van der Waals surface area contributed by atoms with Crippen molar-refractivity contribution in [2.45, 2.75) is 52.4 Å². The van der Waals surface area contributed by atoms with E-state index < -0.39 is 0 Å². The Morgan fingerprint density at radius 1 is 0.295 bits per heavy atom. The summed E-state index contributed by atoms with van der Waals surface area (Å²) in [5.74, 6) is 0. The zero-order valence-corrected chi connectivity index (χ0v) is 37.4. The van der Waals surface area contributed by atoms with E-state index in [2.05, 4.69) is 224 Å². The Kier molecular flexibility index (Phi) is 8.77. The number of hydrogen-bond acceptors (Lipinski definition) is 0. The van der Waals surface area contributed by atoms with Crippen molar-refractivity contribution in [2.75, 3.05) is 0 Å². The molecule has 0 saturated heterocycles. The van der Waals surface area contributed by atoms with Gasteiger partial charge < -0.3 is 0 Å². The molecule has 0 saturated carbocycles. The summed E-state index contributed by atoms with van der Waals surface area (Å²) in [6.07, 6.45) is 0. The summed E-state index contributed by atoms with van der Waals surface area (Å²) in [4.78, 5) is 0. The second-order valence-electron chi connectivity index (χ2n) is 18.8. The van der Waals surface area contributed by atoms with Crippen molar-refractivity contribution in [3.8, 4) is 44.5 Å². The monoisotopic (exact) mass is 848 g/mol. The van der Waals surface area contributed by atoms with E-state index in [4.69, 9.17) is 0 Å². The second kappa shape index (κ2) is 14.2. The van der Waals surface area contributed by atoms with Crippen LogP contribution in [-0.4, -0.2) is 14.5 Å². The summed E-state index contributed by atoms with van der Waals surface area (Å²) in [5.41, 5.74) is 13.3. The molecule has 0 spiro atoms. The number of benzene rings is 10. The molecule has 0 bridgehead atoms. The van der Waals surface area contributed by atoms with Crippen molar-refractivity contribution in [3.63, 3.8) is 0 Å². The molecule has 0 aliphatic rings. The SMILES string of the molecule is CC(C)(C)c1cc(-c2c3ccccc3c(-c3ccc4[se]c5c(-c6c7ccccc7c(-c7ccccc7)c7ccccc67)cccc5c4c3)c3ccccc23)cc(C(C)(C)C)c1. The maximum absolute atomic E-state index is 2.51. The molecule has 61 heavy (non-hydrogen) atoms. The van der Waals surface area contributed by atoms with Crippen LogP contribution in [0.1, 0.15) is 52.7 Å². The van der Waals surface area contributed by atoms with E-state index in [1.165, 1.54) is 118 Å². The molecule has 0 N–H and O–H groups in total. The van der Waals surface area contributed by atoms with E-state index in [1.807, 2.05) is 0 Å². The van der Waals surface area contributed by atoms with Crippen molar-refractivity contribution in [1.82, 2.24) is 0 Å². The third kappa shape index (κ3) is 6.17. The molecule has 1 aromatic heterocycles. The molecular weight excluding hydrogens is 800 g/mol. The number of hydrogen-bond donors (Lipinski definition) is 0. The van der Waals surface area contributed by atoms with Crippen molar-refractivity contribution < 1.29 is 0 Å². The second-order valence-corrected chi connectivity index (χ2v) is 21.1. The number of rotatable bonds is 4. The van der Waals surface area contributed by atoms with Gasteiger partial charge >= 0.3 is 325 Å². The van der Waals surface area contributed by atoms with Gasteiger partial charge in [-0.15, -0.1) is 0 Å². The topological polar surface area (TPSA) is 0 Å². The van der Waals surface area contributed by atoms with Gasteiger partial charge in [0, 0.05) is 0 Å². The first kappa shape index (κ1) is 37.7. The van der Waals surface area contributed by atoms with Crippen LogP contribution in [0.15, 0.2) is 182 Å². The molecule has 0 nitrogen and oxygen atoms in total. The average Bonchev–Trinajstić information content (AvgIpc) is 3.65. The molecule has 11 aromatic rings. The van der Waals surface area contributed by atoms with Crippen LogP contribution in [0.3, 0.4) is 0 Å². The van der Waals surface area contributed by atoms with Crippen molar-refractivity contribution in [3.05, 3.63) is 193 Å². The third-order valence-corrected chi connectivity index (χ3v) is 15.5. The Hall–Kier alpha value is -6.24. The predicted octanol–water partition coefficient (Wildman–Crippen LogP) is 16.9. The van der Waals surface area contributed by atoms with Crippen molar-refractivity contribution >= 4 is 76.9 Å². The summed E-state index contributed by atoms with van der Waals surface area (Å²) in [5, 5.41) is 13.1. The minimum Gasteiger partial charge on any atom is -0.0561 e. The van der Waals surface area contributed by atoms with Crippen LogP contribution in [0.25, 0.3) is 107 Å². The molecule has 1 heterocycles. The van der Waals surface area contributed by atoms with E-state index in [0.717, 1.165) is 0 Å². The van der Waals surface area contributed by atoms with Gasteiger partial charge in [-0.25, -0.2) is 0 Å². The van der Waals surface area contributed by atoms with Gasteiger partial charge in [0.05, 0.1) is 0 Å². The Morgan fingerprint density at radius 2 is 0.705 bits per heavy atom. The molecule has 0 fully saturated rings. The van der Waals surface area contributed by atoms with Gasteiger partial charge in [-0.2, -0.15) is 0 Å². The molecule has 0 radical (unpaired) electrons. The molecule has 294 valence electrons. The summed E-state index contributed by atoms with van der Waals surface area (Å²) < 4.78 is 2.93. The normalized spacial score (nSPS) is 12.4. The molecule has 1 heteroatoms.